The molecule has 0 atom stereocenters. The molecule has 1 aromatic heterocycles. The van der Waals surface area contributed by atoms with E-state index in [0.717, 1.165) is 23.4 Å². The molecule has 1 aliphatic heterocycles. The molecule has 3 rings (SSSR count). The second-order valence-corrected chi connectivity index (χ2v) is 7.01. The van der Waals surface area contributed by atoms with E-state index in [1.54, 1.807) is 24.0 Å². The topological polar surface area (TPSA) is 85.5 Å². The van der Waals surface area contributed by atoms with Gasteiger partial charge in [-0.3, -0.25) is 19.3 Å². The molecule has 148 valence electrons. The number of amides is 2. The third kappa shape index (κ3) is 4.67. The zero-order valence-electron chi connectivity index (χ0n) is 16.3. The van der Waals surface area contributed by atoms with Gasteiger partial charge in [-0.15, -0.1) is 0 Å². The highest BCUT2D eigenvalue weighted by atomic mass is 16.2. The standard InChI is InChI=1S/C21H26N4O3/c1-3-16-6-4-5-7-18(16)23-19(26)14-24-10-12-25(13-11-24)21(28)17-9-8-15(2)22-20(17)27/h4-9H,3,10-14H2,1-2H3,(H,22,27)(H,23,26). The summed E-state index contributed by atoms with van der Waals surface area (Å²) in [6.07, 6.45) is 0.857. The van der Waals surface area contributed by atoms with Gasteiger partial charge in [0.25, 0.3) is 11.5 Å². The highest BCUT2D eigenvalue weighted by molar-refractivity contribution is 5.94. The van der Waals surface area contributed by atoms with Gasteiger partial charge in [0, 0.05) is 37.6 Å². The van der Waals surface area contributed by atoms with E-state index >= 15 is 0 Å². The first-order valence-corrected chi connectivity index (χ1v) is 9.57. The average Bonchev–Trinajstić information content (AvgIpc) is 2.68. The Bertz CT molecular complexity index is 914. The molecule has 1 aromatic carbocycles. The summed E-state index contributed by atoms with van der Waals surface area (Å²) >= 11 is 0. The molecule has 1 saturated heterocycles. The molecule has 0 saturated carbocycles. The van der Waals surface area contributed by atoms with Gasteiger partial charge in [0.1, 0.15) is 5.56 Å². The molecule has 7 heteroatoms. The number of nitrogens with one attached hydrogen (secondary N) is 2. The van der Waals surface area contributed by atoms with Gasteiger partial charge in [0.15, 0.2) is 0 Å². The number of piperazine rings is 1. The van der Waals surface area contributed by atoms with E-state index in [-0.39, 0.29) is 29.5 Å². The van der Waals surface area contributed by atoms with Gasteiger partial charge in [-0.2, -0.15) is 0 Å². The SMILES string of the molecule is CCc1ccccc1NC(=O)CN1CCN(C(=O)c2ccc(C)[nH]c2=O)CC1. The van der Waals surface area contributed by atoms with Crippen LogP contribution in [0.2, 0.25) is 0 Å². The molecule has 0 spiro atoms. The van der Waals surface area contributed by atoms with Gasteiger partial charge in [-0.25, -0.2) is 0 Å². The number of hydrogen-bond acceptors (Lipinski definition) is 4. The molecule has 2 heterocycles. The number of aryl methyl sites for hydroxylation is 2. The molecule has 2 amide bonds. The summed E-state index contributed by atoms with van der Waals surface area (Å²) in [7, 11) is 0. The van der Waals surface area contributed by atoms with Crippen molar-refractivity contribution in [2.24, 2.45) is 0 Å². The smallest absolute Gasteiger partial charge is 0.260 e. The normalized spacial score (nSPS) is 14.7. The van der Waals surface area contributed by atoms with Crippen molar-refractivity contribution in [3.63, 3.8) is 0 Å². The third-order valence-electron chi connectivity index (χ3n) is 4.98. The van der Waals surface area contributed by atoms with Crippen LogP contribution in [-0.4, -0.2) is 59.3 Å². The minimum Gasteiger partial charge on any atom is -0.336 e. The van der Waals surface area contributed by atoms with Crippen LogP contribution in [0.4, 0.5) is 5.69 Å². The molecule has 0 bridgehead atoms. The molecule has 28 heavy (non-hydrogen) atoms. The van der Waals surface area contributed by atoms with Gasteiger partial charge in [0.2, 0.25) is 5.91 Å². The van der Waals surface area contributed by atoms with Crippen molar-refractivity contribution in [3.8, 4) is 0 Å². The second-order valence-electron chi connectivity index (χ2n) is 7.01. The Morgan fingerprint density at radius 2 is 1.79 bits per heavy atom. The summed E-state index contributed by atoms with van der Waals surface area (Å²) < 4.78 is 0. The molecule has 1 aliphatic rings. The molecule has 1 fully saturated rings. The van der Waals surface area contributed by atoms with Crippen LogP contribution < -0.4 is 10.9 Å². The number of carbonyl (C=O) groups is 2. The molecule has 0 unspecified atom stereocenters. The summed E-state index contributed by atoms with van der Waals surface area (Å²) in [6.45, 7) is 6.29. The lowest BCUT2D eigenvalue weighted by Crippen LogP contribution is -2.51. The van der Waals surface area contributed by atoms with E-state index in [1.165, 1.54) is 0 Å². The lowest BCUT2D eigenvalue weighted by molar-refractivity contribution is -0.117. The van der Waals surface area contributed by atoms with Crippen LogP contribution in [0.5, 0.6) is 0 Å². The van der Waals surface area contributed by atoms with Crippen molar-refractivity contribution in [2.45, 2.75) is 20.3 Å². The van der Waals surface area contributed by atoms with Crippen LogP contribution in [0, 0.1) is 6.92 Å². The molecule has 0 radical (unpaired) electrons. The van der Waals surface area contributed by atoms with Crippen LogP contribution in [-0.2, 0) is 11.2 Å². The average molecular weight is 382 g/mol. The fourth-order valence-electron chi connectivity index (χ4n) is 3.36. The van der Waals surface area contributed by atoms with E-state index in [1.807, 2.05) is 29.2 Å². The number of anilines is 1. The molecule has 0 aliphatic carbocycles. The number of rotatable bonds is 5. The molecule has 2 aromatic rings. The largest absolute Gasteiger partial charge is 0.336 e. The van der Waals surface area contributed by atoms with Crippen LogP contribution in [0.3, 0.4) is 0 Å². The molecular formula is C21H26N4O3. The maximum absolute atomic E-state index is 12.6. The Labute approximate surface area is 164 Å². The highest BCUT2D eigenvalue weighted by Gasteiger charge is 2.24. The second kappa shape index (κ2) is 8.84. The van der Waals surface area contributed by atoms with Crippen molar-refractivity contribution in [1.29, 1.82) is 0 Å². The van der Waals surface area contributed by atoms with Crippen LogP contribution in [0.15, 0.2) is 41.2 Å². The molecular weight excluding hydrogens is 356 g/mol. The number of benzene rings is 1. The summed E-state index contributed by atoms with van der Waals surface area (Å²) in [4.78, 5) is 43.3. The molecule has 7 nitrogen and oxygen atoms in total. The van der Waals surface area contributed by atoms with Gasteiger partial charge >= 0.3 is 0 Å². The van der Waals surface area contributed by atoms with E-state index < -0.39 is 0 Å². The zero-order chi connectivity index (χ0) is 20.1. The number of aromatic nitrogens is 1. The van der Waals surface area contributed by atoms with Crippen molar-refractivity contribution in [1.82, 2.24) is 14.8 Å². The first kappa shape index (κ1) is 19.8. The quantitative estimate of drug-likeness (QED) is 0.823. The highest BCUT2D eigenvalue weighted by Crippen LogP contribution is 2.15. The number of H-pyrrole nitrogens is 1. The fourth-order valence-corrected chi connectivity index (χ4v) is 3.36. The lowest BCUT2D eigenvalue weighted by atomic mass is 10.1. The number of pyridine rings is 1. The summed E-state index contributed by atoms with van der Waals surface area (Å²) in [5.41, 5.74) is 2.48. The third-order valence-corrected chi connectivity index (χ3v) is 4.98. The number of carbonyl (C=O) groups excluding carboxylic acids is 2. The monoisotopic (exact) mass is 382 g/mol. The Hall–Kier alpha value is -2.93. The summed E-state index contributed by atoms with van der Waals surface area (Å²) in [5, 5.41) is 2.97. The number of hydrogen-bond donors (Lipinski definition) is 2. The van der Waals surface area contributed by atoms with Crippen LogP contribution in [0.25, 0.3) is 0 Å². The maximum atomic E-state index is 12.6. The first-order valence-electron chi connectivity index (χ1n) is 9.57. The number of nitrogens with zero attached hydrogens (tertiary/aromatic N) is 2. The Morgan fingerprint density at radius 3 is 2.46 bits per heavy atom. The van der Waals surface area contributed by atoms with Crippen LogP contribution in [0.1, 0.15) is 28.5 Å². The predicted octanol–water partition coefficient (Wildman–Crippen LogP) is 1.64. The van der Waals surface area contributed by atoms with E-state index in [0.29, 0.717) is 26.2 Å². The number of para-hydroxylation sites is 1. The molecule has 2 N–H and O–H groups in total. The Morgan fingerprint density at radius 1 is 1.07 bits per heavy atom. The number of aromatic amines is 1. The van der Waals surface area contributed by atoms with Crippen molar-refractivity contribution < 1.29 is 9.59 Å². The van der Waals surface area contributed by atoms with Crippen molar-refractivity contribution in [2.75, 3.05) is 38.0 Å². The minimum atomic E-state index is -0.360. The maximum Gasteiger partial charge on any atom is 0.260 e. The first-order chi connectivity index (χ1) is 13.5. The van der Waals surface area contributed by atoms with Crippen molar-refractivity contribution in [3.05, 3.63) is 63.6 Å². The fraction of sp³-hybridized carbons (Fsp3) is 0.381. The van der Waals surface area contributed by atoms with Gasteiger partial charge in [-0.05, 0) is 37.1 Å². The van der Waals surface area contributed by atoms with E-state index in [9.17, 15) is 14.4 Å². The van der Waals surface area contributed by atoms with Gasteiger partial charge in [-0.1, -0.05) is 25.1 Å². The van der Waals surface area contributed by atoms with Crippen molar-refractivity contribution >= 4 is 17.5 Å². The van der Waals surface area contributed by atoms with Gasteiger partial charge in [0.05, 0.1) is 6.54 Å². The summed E-state index contributed by atoms with van der Waals surface area (Å²) in [6, 6.07) is 11.1. The van der Waals surface area contributed by atoms with E-state index in [2.05, 4.69) is 17.2 Å². The Kier molecular flexibility index (Phi) is 6.26. The Balaban J connectivity index is 1.53. The van der Waals surface area contributed by atoms with Crippen LogP contribution >= 0.6 is 0 Å². The zero-order valence-corrected chi connectivity index (χ0v) is 16.3. The van der Waals surface area contributed by atoms with Gasteiger partial charge < -0.3 is 15.2 Å². The predicted molar refractivity (Wildman–Crippen MR) is 109 cm³/mol. The minimum absolute atomic E-state index is 0.0596. The van der Waals surface area contributed by atoms with E-state index in [4.69, 9.17) is 0 Å². The lowest BCUT2D eigenvalue weighted by Gasteiger charge is -2.34. The summed E-state index contributed by atoms with van der Waals surface area (Å²) in [5.74, 6) is -0.321.